The Bertz CT molecular complexity index is 521. The minimum Gasteiger partial charge on any atom is -0.358 e. The van der Waals surface area contributed by atoms with E-state index in [1.807, 2.05) is 0 Å². The normalized spacial score (nSPS) is 12.3. The Morgan fingerprint density at radius 2 is 1.94 bits per heavy atom. The van der Waals surface area contributed by atoms with Crippen LogP contribution in [0, 0.1) is 13.8 Å². The topological polar surface area (TPSA) is 41.8 Å². The first kappa shape index (κ1) is 11.2. The van der Waals surface area contributed by atoms with Gasteiger partial charge in [-0.15, -0.1) is 0 Å². The van der Waals surface area contributed by atoms with Crippen LogP contribution in [0.25, 0.3) is 10.9 Å². The van der Waals surface area contributed by atoms with Gasteiger partial charge in [-0.1, -0.05) is 25.5 Å². The number of hydrogen-bond acceptors (Lipinski definition) is 1. The van der Waals surface area contributed by atoms with E-state index < -0.39 is 0 Å². The molecule has 2 rings (SSSR count). The van der Waals surface area contributed by atoms with Gasteiger partial charge in [0.2, 0.25) is 0 Å². The third kappa shape index (κ3) is 1.63. The van der Waals surface area contributed by atoms with Crippen LogP contribution in [0.4, 0.5) is 0 Å². The van der Waals surface area contributed by atoms with E-state index in [-0.39, 0.29) is 5.41 Å². The Hall–Kier alpha value is -1.28. The van der Waals surface area contributed by atoms with Crippen LogP contribution in [-0.4, -0.2) is 11.5 Å². The Kier molecular flexibility index (Phi) is 2.55. The SMILES string of the molecule is Cc1ccc2[nH]c(C)c(C(C)(C)CN)c2c1. The molecule has 0 aliphatic heterocycles. The quantitative estimate of drug-likeness (QED) is 0.796. The number of nitrogens with two attached hydrogens (primary N) is 1. The van der Waals surface area contributed by atoms with E-state index in [0.717, 1.165) is 0 Å². The molecule has 2 nitrogen and oxygen atoms in total. The molecule has 0 unspecified atom stereocenters. The van der Waals surface area contributed by atoms with Crippen LogP contribution in [0.5, 0.6) is 0 Å². The molecule has 0 spiro atoms. The standard InChI is InChI=1S/C14H20N2/c1-9-5-6-12-11(7-9)13(10(2)16-12)14(3,4)8-15/h5-7,16H,8,15H2,1-4H3. The zero-order chi connectivity index (χ0) is 11.9. The van der Waals surface area contributed by atoms with Crippen molar-refractivity contribution in [3.63, 3.8) is 0 Å². The molecule has 2 heteroatoms. The van der Waals surface area contributed by atoms with Crippen LogP contribution in [-0.2, 0) is 5.41 Å². The molecule has 0 saturated heterocycles. The van der Waals surface area contributed by atoms with Crippen LogP contribution < -0.4 is 5.73 Å². The second-order valence-electron chi connectivity index (χ2n) is 5.26. The molecule has 1 aromatic carbocycles. The first-order chi connectivity index (χ1) is 7.45. The summed E-state index contributed by atoms with van der Waals surface area (Å²) in [6.45, 7) is 9.31. The molecule has 16 heavy (non-hydrogen) atoms. The summed E-state index contributed by atoms with van der Waals surface area (Å²) < 4.78 is 0. The van der Waals surface area contributed by atoms with E-state index in [4.69, 9.17) is 5.73 Å². The van der Waals surface area contributed by atoms with Gasteiger partial charge in [-0.2, -0.15) is 0 Å². The summed E-state index contributed by atoms with van der Waals surface area (Å²) in [5.41, 5.74) is 11.0. The predicted molar refractivity (Wildman–Crippen MR) is 69.9 cm³/mol. The molecule has 0 atom stereocenters. The lowest BCUT2D eigenvalue weighted by Crippen LogP contribution is -2.28. The third-order valence-corrected chi connectivity index (χ3v) is 3.33. The van der Waals surface area contributed by atoms with Gasteiger partial charge in [-0.05, 0) is 31.5 Å². The fourth-order valence-corrected chi connectivity index (χ4v) is 2.41. The number of aromatic nitrogens is 1. The smallest absolute Gasteiger partial charge is 0.0459 e. The van der Waals surface area contributed by atoms with Crippen LogP contribution in [0.1, 0.15) is 30.7 Å². The van der Waals surface area contributed by atoms with Crippen molar-refractivity contribution in [1.82, 2.24) is 4.98 Å². The number of fused-ring (bicyclic) bond motifs is 1. The van der Waals surface area contributed by atoms with Crippen LogP contribution in [0.3, 0.4) is 0 Å². The van der Waals surface area contributed by atoms with Crippen molar-refractivity contribution in [3.05, 3.63) is 35.0 Å². The number of nitrogens with one attached hydrogen (secondary N) is 1. The van der Waals surface area contributed by atoms with E-state index in [2.05, 4.69) is 50.9 Å². The lowest BCUT2D eigenvalue weighted by atomic mass is 9.83. The summed E-state index contributed by atoms with van der Waals surface area (Å²) in [4.78, 5) is 3.44. The molecule has 86 valence electrons. The first-order valence-electron chi connectivity index (χ1n) is 5.75. The van der Waals surface area contributed by atoms with Gasteiger partial charge < -0.3 is 10.7 Å². The highest BCUT2D eigenvalue weighted by molar-refractivity contribution is 5.86. The first-order valence-corrected chi connectivity index (χ1v) is 5.75. The minimum atomic E-state index is 0.0239. The Morgan fingerprint density at radius 1 is 1.25 bits per heavy atom. The molecular weight excluding hydrogens is 196 g/mol. The maximum atomic E-state index is 5.88. The average Bonchev–Trinajstić information content (AvgIpc) is 2.54. The van der Waals surface area contributed by atoms with Gasteiger partial charge >= 0.3 is 0 Å². The number of aryl methyl sites for hydroxylation is 2. The van der Waals surface area contributed by atoms with Crippen molar-refractivity contribution in [2.24, 2.45) is 5.73 Å². The summed E-state index contributed by atoms with van der Waals surface area (Å²) in [5, 5.41) is 1.31. The molecule has 0 fully saturated rings. The maximum Gasteiger partial charge on any atom is 0.0459 e. The number of rotatable bonds is 2. The van der Waals surface area contributed by atoms with Crippen LogP contribution in [0.2, 0.25) is 0 Å². The molecule has 0 saturated carbocycles. The van der Waals surface area contributed by atoms with Crippen LogP contribution >= 0.6 is 0 Å². The molecule has 0 aliphatic rings. The summed E-state index contributed by atoms with van der Waals surface area (Å²) in [6, 6.07) is 6.52. The fourth-order valence-electron chi connectivity index (χ4n) is 2.41. The monoisotopic (exact) mass is 216 g/mol. The van der Waals surface area contributed by atoms with Gasteiger partial charge in [0.1, 0.15) is 0 Å². The van der Waals surface area contributed by atoms with Crippen molar-refractivity contribution in [1.29, 1.82) is 0 Å². The number of aromatic amines is 1. The van der Waals surface area contributed by atoms with E-state index in [1.165, 1.54) is 27.7 Å². The molecule has 0 radical (unpaired) electrons. The molecular formula is C14H20N2. The molecule has 0 amide bonds. The lowest BCUT2D eigenvalue weighted by Gasteiger charge is -2.23. The van der Waals surface area contributed by atoms with Crippen molar-refractivity contribution in [3.8, 4) is 0 Å². The Labute approximate surface area is 96.9 Å². The van der Waals surface area contributed by atoms with E-state index >= 15 is 0 Å². The lowest BCUT2D eigenvalue weighted by molar-refractivity contribution is 0.540. The molecule has 2 aromatic rings. The highest BCUT2D eigenvalue weighted by atomic mass is 14.7. The summed E-state index contributed by atoms with van der Waals surface area (Å²) in [6.07, 6.45) is 0. The molecule has 3 N–H and O–H groups in total. The second-order valence-corrected chi connectivity index (χ2v) is 5.26. The second kappa shape index (κ2) is 3.63. The van der Waals surface area contributed by atoms with Gasteiger partial charge in [0.15, 0.2) is 0 Å². The van der Waals surface area contributed by atoms with E-state index in [0.29, 0.717) is 6.54 Å². The van der Waals surface area contributed by atoms with Gasteiger partial charge in [-0.25, -0.2) is 0 Å². The van der Waals surface area contributed by atoms with Gasteiger partial charge in [0, 0.05) is 28.6 Å². The predicted octanol–water partition coefficient (Wildman–Crippen LogP) is 3.02. The van der Waals surface area contributed by atoms with Crippen molar-refractivity contribution >= 4 is 10.9 Å². The zero-order valence-electron chi connectivity index (χ0n) is 10.5. The highest BCUT2D eigenvalue weighted by Crippen LogP contribution is 2.33. The zero-order valence-corrected chi connectivity index (χ0v) is 10.5. The van der Waals surface area contributed by atoms with E-state index in [1.54, 1.807) is 0 Å². The van der Waals surface area contributed by atoms with Crippen molar-refractivity contribution < 1.29 is 0 Å². The van der Waals surface area contributed by atoms with E-state index in [9.17, 15) is 0 Å². The summed E-state index contributed by atoms with van der Waals surface area (Å²) in [5.74, 6) is 0. The molecule has 0 bridgehead atoms. The number of hydrogen-bond donors (Lipinski definition) is 2. The fraction of sp³-hybridized carbons (Fsp3) is 0.429. The number of H-pyrrole nitrogens is 1. The molecule has 0 aliphatic carbocycles. The van der Waals surface area contributed by atoms with Crippen molar-refractivity contribution in [2.45, 2.75) is 33.1 Å². The van der Waals surface area contributed by atoms with Gasteiger partial charge in [0.05, 0.1) is 0 Å². The maximum absolute atomic E-state index is 5.88. The Balaban J connectivity index is 2.77. The highest BCUT2D eigenvalue weighted by Gasteiger charge is 2.24. The van der Waals surface area contributed by atoms with Crippen LogP contribution in [0.15, 0.2) is 18.2 Å². The van der Waals surface area contributed by atoms with Crippen molar-refractivity contribution in [2.75, 3.05) is 6.54 Å². The third-order valence-electron chi connectivity index (χ3n) is 3.33. The summed E-state index contributed by atoms with van der Waals surface area (Å²) >= 11 is 0. The minimum absolute atomic E-state index is 0.0239. The van der Waals surface area contributed by atoms with Gasteiger partial charge in [0.25, 0.3) is 0 Å². The molecule has 1 aromatic heterocycles. The largest absolute Gasteiger partial charge is 0.358 e. The number of benzene rings is 1. The van der Waals surface area contributed by atoms with Gasteiger partial charge in [-0.3, -0.25) is 0 Å². The Morgan fingerprint density at radius 3 is 2.56 bits per heavy atom. The summed E-state index contributed by atoms with van der Waals surface area (Å²) in [7, 11) is 0. The average molecular weight is 216 g/mol. The molecule has 1 heterocycles.